The van der Waals surface area contributed by atoms with Crippen molar-refractivity contribution in [2.75, 3.05) is 0 Å². The second-order valence-corrected chi connectivity index (χ2v) is 4.65. The van der Waals surface area contributed by atoms with Crippen LogP contribution in [0.1, 0.15) is 32.2 Å². The van der Waals surface area contributed by atoms with Gasteiger partial charge in [0.05, 0.1) is 5.69 Å². The fourth-order valence-corrected chi connectivity index (χ4v) is 1.52. The Morgan fingerprint density at radius 3 is 2.57 bits per heavy atom. The molecule has 0 fully saturated rings. The third-order valence-electron chi connectivity index (χ3n) is 2.70. The first-order valence-corrected chi connectivity index (χ1v) is 5.64. The summed E-state index contributed by atoms with van der Waals surface area (Å²) in [4.78, 5) is 0. The molecule has 0 aliphatic carbocycles. The van der Waals surface area contributed by atoms with Crippen LogP contribution < -0.4 is 0 Å². The predicted octanol–water partition coefficient (Wildman–Crippen LogP) is 2.79. The number of hydrogen-bond donors (Lipinski definition) is 0. The van der Waals surface area contributed by atoms with Crippen molar-refractivity contribution in [3.05, 3.63) is 17.5 Å². The van der Waals surface area contributed by atoms with Crippen LogP contribution in [0.5, 0.6) is 0 Å². The summed E-state index contributed by atoms with van der Waals surface area (Å²) in [6, 6.07) is 2.18. The minimum atomic E-state index is 0.218. The summed E-state index contributed by atoms with van der Waals surface area (Å²) in [5, 5.41) is 4.63. The van der Waals surface area contributed by atoms with Gasteiger partial charge in [0.2, 0.25) is 0 Å². The van der Waals surface area contributed by atoms with Crippen molar-refractivity contribution in [1.29, 1.82) is 0 Å². The quantitative estimate of drug-likeness (QED) is 0.705. The fraction of sp³-hybridized carbons (Fsp3) is 0.727. The van der Waals surface area contributed by atoms with Crippen LogP contribution in [-0.2, 0) is 19.9 Å². The Hall–Kier alpha value is -0.500. The van der Waals surface area contributed by atoms with Gasteiger partial charge in [0.25, 0.3) is 0 Å². The first kappa shape index (κ1) is 11.6. The Kier molecular flexibility index (Phi) is 3.99. The van der Waals surface area contributed by atoms with Crippen molar-refractivity contribution in [2.24, 2.45) is 13.0 Å². The number of alkyl halides is 1. The van der Waals surface area contributed by atoms with Crippen LogP contribution in [0, 0.1) is 5.92 Å². The molecule has 2 atom stereocenters. The van der Waals surface area contributed by atoms with E-state index in [0.717, 1.165) is 18.5 Å². The highest BCUT2D eigenvalue weighted by Gasteiger charge is 2.12. The number of rotatable bonds is 4. The van der Waals surface area contributed by atoms with Crippen molar-refractivity contribution in [3.63, 3.8) is 0 Å². The molecule has 0 radical (unpaired) electrons. The third kappa shape index (κ3) is 2.74. The Bertz CT molecular complexity index is 291. The van der Waals surface area contributed by atoms with E-state index in [1.807, 2.05) is 18.7 Å². The summed E-state index contributed by atoms with van der Waals surface area (Å²) in [6.45, 7) is 6.35. The SMILES string of the molecule is CCc1cc(CC(C)C(C)Cl)n(C)n1. The molecule has 1 heterocycles. The molecule has 1 aromatic rings. The lowest BCUT2D eigenvalue weighted by Gasteiger charge is -2.13. The van der Waals surface area contributed by atoms with E-state index in [1.165, 1.54) is 5.69 Å². The molecule has 3 heteroatoms. The minimum absolute atomic E-state index is 0.218. The number of hydrogen-bond acceptors (Lipinski definition) is 1. The van der Waals surface area contributed by atoms with E-state index in [1.54, 1.807) is 0 Å². The molecule has 2 nitrogen and oxygen atoms in total. The van der Waals surface area contributed by atoms with Gasteiger partial charge in [0.15, 0.2) is 0 Å². The summed E-state index contributed by atoms with van der Waals surface area (Å²) >= 11 is 6.04. The molecule has 0 amide bonds. The zero-order valence-electron chi connectivity index (χ0n) is 9.42. The first-order chi connectivity index (χ1) is 6.54. The molecule has 0 spiro atoms. The summed E-state index contributed by atoms with van der Waals surface area (Å²) in [5.41, 5.74) is 2.44. The summed E-state index contributed by atoms with van der Waals surface area (Å²) < 4.78 is 1.97. The largest absolute Gasteiger partial charge is 0.272 e. The van der Waals surface area contributed by atoms with Crippen molar-refractivity contribution < 1.29 is 0 Å². The third-order valence-corrected chi connectivity index (χ3v) is 3.13. The van der Waals surface area contributed by atoms with Gasteiger partial charge in [-0.25, -0.2) is 0 Å². The maximum atomic E-state index is 6.04. The van der Waals surface area contributed by atoms with Crippen LogP contribution in [0.25, 0.3) is 0 Å². The molecule has 2 unspecified atom stereocenters. The van der Waals surface area contributed by atoms with Crippen LogP contribution in [-0.4, -0.2) is 15.2 Å². The average Bonchev–Trinajstić information content (AvgIpc) is 2.47. The number of halogens is 1. The van der Waals surface area contributed by atoms with Gasteiger partial charge in [-0.2, -0.15) is 5.10 Å². The molecule has 0 aromatic carbocycles. The molecule has 0 aliphatic heterocycles. The molecular formula is C11H19ClN2. The maximum absolute atomic E-state index is 6.04. The lowest BCUT2D eigenvalue weighted by atomic mass is 10.0. The Morgan fingerprint density at radius 2 is 2.14 bits per heavy atom. The van der Waals surface area contributed by atoms with Crippen molar-refractivity contribution in [3.8, 4) is 0 Å². The molecular weight excluding hydrogens is 196 g/mol. The van der Waals surface area contributed by atoms with E-state index in [2.05, 4.69) is 25.0 Å². The van der Waals surface area contributed by atoms with Crippen LogP contribution in [0.2, 0.25) is 0 Å². The number of aryl methyl sites for hydroxylation is 2. The van der Waals surface area contributed by atoms with Crippen molar-refractivity contribution in [1.82, 2.24) is 9.78 Å². The average molecular weight is 215 g/mol. The van der Waals surface area contributed by atoms with Gasteiger partial charge in [-0.05, 0) is 31.7 Å². The van der Waals surface area contributed by atoms with E-state index in [9.17, 15) is 0 Å². The summed E-state index contributed by atoms with van der Waals surface area (Å²) in [5.74, 6) is 0.497. The predicted molar refractivity (Wildman–Crippen MR) is 60.8 cm³/mol. The van der Waals surface area contributed by atoms with Crippen LogP contribution in [0.3, 0.4) is 0 Å². The molecule has 0 N–H and O–H groups in total. The standard InChI is InChI=1S/C11H19ClN2/c1-5-10-7-11(14(4)13-10)6-8(2)9(3)12/h7-9H,5-6H2,1-4H3. The van der Waals surface area contributed by atoms with Crippen molar-refractivity contribution >= 4 is 11.6 Å². The second-order valence-electron chi connectivity index (χ2n) is 3.96. The highest BCUT2D eigenvalue weighted by molar-refractivity contribution is 6.20. The lowest BCUT2D eigenvalue weighted by Crippen LogP contribution is -2.12. The van der Waals surface area contributed by atoms with E-state index in [4.69, 9.17) is 11.6 Å². The molecule has 0 bridgehead atoms. The monoisotopic (exact) mass is 214 g/mol. The second kappa shape index (κ2) is 4.83. The highest BCUT2D eigenvalue weighted by atomic mass is 35.5. The fourth-order valence-electron chi connectivity index (χ4n) is 1.43. The van der Waals surface area contributed by atoms with Gasteiger partial charge in [0.1, 0.15) is 0 Å². The van der Waals surface area contributed by atoms with Gasteiger partial charge < -0.3 is 0 Å². The minimum Gasteiger partial charge on any atom is -0.272 e. The topological polar surface area (TPSA) is 17.8 Å². The van der Waals surface area contributed by atoms with Gasteiger partial charge in [-0.15, -0.1) is 11.6 Å². The lowest BCUT2D eigenvalue weighted by molar-refractivity contribution is 0.539. The van der Waals surface area contributed by atoms with Gasteiger partial charge in [-0.1, -0.05) is 13.8 Å². The number of nitrogens with zero attached hydrogens (tertiary/aromatic N) is 2. The van der Waals surface area contributed by atoms with Gasteiger partial charge in [-0.3, -0.25) is 4.68 Å². The zero-order chi connectivity index (χ0) is 10.7. The van der Waals surface area contributed by atoms with E-state index in [-0.39, 0.29) is 5.38 Å². The first-order valence-electron chi connectivity index (χ1n) is 5.20. The Morgan fingerprint density at radius 1 is 1.50 bits per heavy atom. The van der Waals surface area contributed by atoms with Crippen LogP contribution >= 0.6 is 11.6 Å². The Balaban J connectivity index is 2.71. The number of aromatic nitrogens is 2. The van der Waals surface area contributed by atoms with E-state index in [0.29, 0.717) is 5.92 Å². The maximum Gasteiger partial charge on any atom is 0.0624 e. The van der Waals surface area contributed by atoms with Crippen LogP contribution in [0.4, 0.5) is 0 Å². The van der Waals surface area contributed by atoms with E-state index < -0.39 is 0 Å². The zero-order valence-corrected chi connectivity index (χ0v) is 10.2. The smallest absolute Gasteiger partial charge is 0.0624 e. The molecule has 1 rings (SSSR count). The molecule has 80 valence electrons. The molecule has 1 aromatic heterocycles. The van der Waals surface area contributed by atoms with Crippen LogP contribution in [0.15, 0.2) is 6.07 Å². The van der Waals surface area contributed by atoms with Crippen molar-refractivity contribution in [2.45, 2.75) is 39.0 Å². The highest BCUT2D eigenvalue weighted by Crippen LogP contribution is 2.16. The van der Waals surface area contributed by atoms with Gasteiger partial charge in [0, 0.05) is 18.1 Å². The molecule has 0 saturated heterocycles. The molecule has 14 heavy (non-hydrogen) atoms. The molecule has 0 saturated carbocycles. The van der Waals surface area contributed by atoms with Gasteiger partial charge >= 0.3 is 0 Å². The Labute approximate surface area is 91.3 Å². The summed E-state index contributed by atoms with van der Waals surface area (Å²) in [7, 11) is 2.00. The summed E-state index contributed by atoms with van der Waals surface area (Å²) in [6.07, 6.45) is 2.01. The normalized spacial score (nSPS) is 15.5. The van der Waals surface area contributed by atoms with E-state index >= 15 is 0 Å². The molecule has 0 aliphatic rings.